The predicted molar refractivity (Wildman–Crippen MR) is 99.1 cm³/mol. The molecule has 1 aromatic rings. The Bertz CT molecular complexity index is 830. The highest BCUT2D eigenvalue weighted by atomic mass is 16.6. The van der Waals surface area contributed by atoms with Gasteiger partial charge < -0.3 is 15.0 Å². The second-order valence-corrected chi connectivity index (χ2v) is 6.95. The molecule has 1 fully saturated rings. The number of hydrogen-bond donors (Lipinski definition) is 1. The minimum atomic E-state index is -1.90. The third kappa shape index (κ3) is 3.10. The number of esters is 1. The van der Waals surface area contributed by atoms with E-state index in [-0.39, 0.29) is 12.6 Å². The molecule has 9 heteroatoms. The summed E-state index contributed by atoms with van der Waals surface area (Å²) >= 11 is 0. The molecule has 1 N–H and O–H groups in total. The average molecular weight is 386 g/mol. The molecule has 0 aliphatic carbocycles. The van der Waals surface area contributed by atoms with Crippen LogP contribution in [0, 0.1) is 27.4 Å². The van der Waals surface area contributed by atoms with E-state index >= 15 is 0 Å². The highest BCUT2D eigenvalue weighted by Crippen LogP contribution is 2.48. The molecule has 0 bridgehead atoms. The van der Waals surface area contributed by atoms with Crippen LogP contribution >= 0.6 is 0 Å². The molecular weight excluding hydrogens is 364 g/mol. The Hall–Kier alpha value is -2.99. The van der Waals surface area contributed by atoms with Crippen LogP contribution < -0.4 is 10.2 Å². The monoisotopic (exact) mass is 386 g/mol. The van der Waals surface area contributed by atoms with Gasteiger partial charge in [-0.2, -0.15) is 5.26 Å². The Labute approximate surface area is 162 Å². The van der Waals surface area contributed by atoms with Gasteiger partial charge in [0.05, 0.1) is 12.7 Å². The fourth-order valence-corrected chi connectivity index (χ4v) is 4.24. The molecule has 2 unspecified atom stereocenters. The number of carbonyl (C=O) groups excluding carboxylic acids is 2. The highest BCUT2D eigenvalue weighted by molar-refractivity contribution is 6.11. The lowest BCUT2D eigenvalue weighted by atomic mass is 9.71. The molecule has 0 spiro atoms. The number of rotatable bonds is 6. The number of ether oxygens (including phenoxy) is 1. The number of anilines is 1. The maximum atomic E-state index is 13.7. The van der Waals surface area contributed by atoms with Gasteiger partial charge in [0.2, 0.25) is 12.5 Å². The van der Waals surface area contributed by atoms with Gasteiger partial charge in [-0.05, 0) is 44.5 Å². The second-order valence-electron chi connectivity index (χ2n) is 6.95. The van der Waals surface area contributed by atoms with Gasteiger partial charge in [-0.15, -0.1) is 0 Å². The largest absolute Gasteiger partial charge is 0.465 e. The number of nitriles is 1. The van der Waals surface area contributed by atoms with Crippen molar-refractivity contribution in [3.8, 4) is 6.07 Å². The fraction of sp³-hybridized carbons (Fsp3) is 0.526. The lowest BCUT2D eigenvalue weighted by Crippen LogP contribution is -2.55. The Morgan fingerprint density at radius 2 is 2.14 bits per heavy atom. The smallest absolute Gasteiger partial charge is 0.325 e. The number of nitrogens with one attached hydrogen (secondary N) is 1. The molecule has 1 amide bonds. The van der Waals surface area contributed by atoms with Gasteiger partial charge in [0.1, 0.15) is 0 Å². The van der Waals surface area contributed by atoms with Gasteiger partial charge >= 0.3 is 5.97 Å². The van der Waals surface area contributed by atoms with Gasteiger partial charge in [0.15, 0.2) is 11.3 Å². The van der Waals surface area contributed by atoms with Crippen molar-refractivity contribution in [1.82, 2.24) is 5.32 Å². The van der Waals surface area contributed by atoms with E-state index in [4.69, 9.17) is 4.74 Å². The first-order valence-corrected chi connectivity index (χ1v) is 9.29. The molecule has 2 atom stereocenters. The van der Waals surface area contributed by atoms with E-state index in [0.29, 0.717) is 24.1 Å². The number of nitrogens with zero attached hydrogens (tertiary/aromatic N) is 3. The van der Waals surface area contributed by atoms with Crippen LogP contribution in [0.25, 0.3) is 0 Å². The molecule has 3 rings (SSSR count). The molecule has 0 radical (unpaired) electrons. The molecule has 9 nitrogen and oxygen atoms in total. The lowest BCUT2D eigenvalue weighted by molar-refractivity contribution is -0.488. The van der Waals surface area contributed by atoms with Crippen LogP contribution in [0.5, 0.6) is 0 Å². The quantitative estimate of drug-likeness (QED) is 0.439. The van der Waals surface area contributed by atoms with Crippen molar-refractivity contribution < 1.29 is 19.2 Å². The summed E-state index contributed by atoms with van der Waals surface area (Å²) < 4.78 is 4.99. The average Bonchev–Trinajstić information content (AvgIpc) is 2.92. The van der Waals surface area contributed by atoms with Crippen LogP contribution in [-0.2, 0) is 19.7 Å². The number of benzene rings is 1. The van der Waals surface area contributed by atoms with Crippen LogP contribution in [0.4, 0.5) is 5.69 Å². The standard InChI is InChI=1S/C19H22N4O5/c1-2-28-17(24)15(11-20)19(12-22(26)27)14-5-3-4-6-16(14)23(18(19)25)13-7-9-21-10-8-13/h3-6,13,15,21H,2,7-10,12H2,1H3. The lowest BCUT2D eigenvalue weighted by Gasteiger charge is -2.34. The molecule has 2 aliphatic rings. The summed E-state index contributed by atoms with van der Waals surface area (Å²) in [5.41, 5.74) is -1.02. The summed E-state index contributed by atoms with van der Waals surface area (Å²) in [6, 6.07) is 8.40. The summed E-state index contributed by atoms with van der Waals surface area (Å²) in [6.45, 7) is 2.19. The summed E-state index contributed by atoms with van der Waals surface area (Å²) in [4.78, 5) is 38.7. The third-order valence-electron chi connectivity index (χ3n) is 5.44. The maximum Gasteiger partial charge on any atom is 0.325 e. The molecule has 2 heterocycles. The van der Waals surface area contributed by atoms with Crippen LogP contribution in [0.1, 0.15) is 25.3 Å². The van der Waals surface area contributed by atoms with Gasteiger partial charge in [-0.1, -0.05) is 18.2 Å². The summed E-state index contributed by atoms with van der Waals surface area (Å²) in [7, 11) is 0. The minimum Gasteiger partial charge on any atom is -0.465 e. The van der Waals surface area contributed by atoms with E-state index in [2.05, 4.69) is 5.32 Å². The number of para-hydroxylation sites is 1. The number of nitro groups is 1. The summed E-state index contributed by atoms with van der Waals surface area (Å²) in [6.07, 6.45) is 1.37. The Balaban J connectivity index is 2.18. The molecule has 148 valence electrons. The Kier molecular flexibility index (Phi) is 5.61. The van der Waals surface area contributed by atoms with Crippen molar-refractivity contribution in [2.75, 3.05) is 31.1 Å². The van der Waals surface area contributed by atoms with E-state index in [0.717, 1.165) is 13.1 Å². The van der Waals surface area contributed by atoms with E-state index in [1.807, 2.05) is 6.07 Å². The first kappa shape index (κ1) is 19.8. The third-order valence-corrected chi connectivity index (χ3v) is 5.44. The fourth-order valence-electron chi connectivity index (χ4n) is 4.24. The normalized spacial score (nSPS) is 23.0. The number of fused-ring (bicyclic) bond motifs is 1. The first-order valence-electron chi connectivity index (χ1n) is 9.29. The number of carbonyl (C=O) groups is 2. The number of piperidine rings is 1. The van der Waals surface area contributed by atoms with Gasteiger partial charge in [0.25, 0.3) is 0 Å². The van der Waals surface area contributed by atoms with Crippen molar-refractivity contribution in [3.05, 3.63) is 39.9 Å². The molecule has 2 aliphatic heterocycles. The number of amides is 1. The zero-order valence-corrected chi connectivity index (χ0v) is 15.6. The molecular formula is C19H22N4O5. The highest BCUT2D eigenvalue weighted by Gasteiger charge is 2.63. The SMILES string of the molecule is CCOC(=O)C(C#N)C1(C[N+](=O)[O-])C(=O)N(C2CCNCC2)c2ccccc21. The summed E-state index contributed by atoms with van der Waals surface area (Å²) in [5, 5.41) is 24.5. The van der Waals surface area contributed by atoms with Crippen molar-refractivity contribution in [2.45, 2.75) is 31.2 Å². The van der Waals surface area contributed by atoms with E-state index in [9.17, 15) is 25.0 Å². The zero-order chi connectivity index (χ0) is 20.3. The first-order chi connectivity index (χ1) is 13.5. The van der Waals surface area contributed by atoms with E-state index < -0.39 is 34.7 Å². The second kappa shape index (κ2) is 7.94. The van der Waals surface area contributed by atoms with Crippen molar-refractivity contribution >= 4 is 17.6 Å². The van der Waals surface area contributed by atoms with Crippen LogP contribution in [0.3, 0.4) is 0 Å². The minimum absolute atomic E-state index is 0.0133. The van der Waals surface area contributed by atoms with Crippen molar-refractivity contribution in [3.63, 3.8) is 0 Å². The van der Waals surface area contributed by atoms with Gasteiger partial charge in [0, 0.05) is 16.7 Å². The van der Waals surface area contributed by atoms with Crippen molar-refractivity contribution in [2.24, 2.45) is 5.92 Å². The van der Waals surface area contributed by atoms with Crippen LogP contribution in [0.2, 0.25) is 0 Å². The Morgan fingerprint density at radius 1 is 1.46 bits per heavy atom. The van der Waals surface area contributed by atoms with Gasteiger partial charge in [-0.3, -0.25) is 19.7 Å². The van der Waals surface area contributed by atoms with Crippen LogP contribution in [0.15, 0.2) is 24.3 Å². The molecule has 28 heavy (non-hydrogen) atoms. The predicted octanol–water partition coefficient (Wildman–Crippen LogP) is 1.00. The van der Waals surface area contributed by atoms with Gasteiger partial charge in [-0.25, -0.2) is 0 Å². The molecule has 1 saturated heterocycles. The molecule has 1 aromatic carbocycles. The summed E-state index contributed by atoms with van der Waals surface area (Å²) in [5.74, 6) is -3.09. The van der Waals surface area contributed by atoms with E-state index in [1.165, 1.54) is 0 Å². The molecule has 0 aromatic heterocycles. The number of hydrogen-bond acceptors (Lipinski definition) is 7. The molecule has 0 saturated carbocycles. The van der Waals surface area contributed by atoms with E-state index in [1.54, 1.807) is 36.1 Å². The van der Waals surface area contributed by atoms with Crippen LogP contribution in [-0.4, -0.2) is 49.1 Å². The topological polar surface area (TPSA) is 126 Å². The van der Waals surface area contributed by atoms with Crippen molar-refractivity contribution in [1.29, 1.82) is 5.26 Å². The zero-order valence-electron chi connectivity index (χ0n) is 15.6. The Morgan fingerprint density at radius 3 is 2.75 bits per heavy atom. The maximum absolute atomic E-state index is 13.7.